The minimum atomic E-state index is -3.22. The summed E-state index contributed by atoms with van der Waals surface area (Å²) in [5, 5.41) is 6.48. The summed E-state index contributed by atoms with van der Waals surface area (Å²) in [4.78, 5) is 4.94. The molecule has 0 radical (unpaired) electrons. The Balaban J connectivity index is 1.97. The Morgan fingerprint density at radius 2 is 1.87 bits per heavy atom. The van der Waals surface area contributed by atoms with Crippen LogP contribution in [0.4, 0.5) is 0 Å². The van der Waals surface area contributed by atoms with Crippen LogP contribution in [-0.2, 0) is 16.4 Å². The number of sulfone groups is 1. The maximum Gasteiger partial charge on any atom is 0.191 e. The molecule has 8 heteroatoms. The topological polar surface area (TPSA) is 89.0 Å². The molecule has 0 saturated heterocycles. The lowest BCUT2D eigenvalue weighted by Crippen LogP contribution is -2.41. The minimum absolute atomic E-state index is 0.0859. The van der Waals surface area contributed by atoms with Crippen molar-refractivity contribution in [2.45, 2.75) is 38.3 Å². The minimum Gasteiger partial charge on any atom is -0.497 e. The van der Waals surface area contributed by atoms with Gasteiger partial charge in [0.2, 0.25) is 0 Å². The third-order valence-corrected chi connectivity index (χ3v) is 5.60. The lowest BCUT2D eigenvalue weighted by atomic mass is 10.1. The molecule has 0 amide bonds. The van der Waals surface area contributed by atoms with Gasteiger partial charge in [0, 0.05) is 18.9 Å². The molecule has 2 aromatic rings. The van der Waals surface area contributed by atoms with Gasteiger partial charge in [-0.1, -0.05) is 18.2 Å². The van der Waals surface area contributed by atoms with Crippen LogP contribution in [-0.4, -0.2) is 46.9 Å². The van der Waals surface area contributed by atoms with E-state index in [1.165, 1.54) is 6.26 Å². The molecule has 0 bridgehead atoms. The molecule has 2 aromatic carbocycles. The van der Waals surface area contributed by atoms with E-state index in [2.05, 4.69) is 15.6 Å². The predicted octanol–water partition coefficient (Wildman–Crippen LogP) is 2.93. The Bertz CT molecular complexity index is 974. The second-order valence-electron chi connectivity index (χ2n) is 7.06. The van der Waals surface area contributed by atoms with E-state index in [0.717, 1.165) is 29.2 Å². The SMILES string of the molecule is CCNC(=NCc1ccc(S(C)(=O)=O)c(C)c1)NCC(C)Oc1cccc(OC)c1. The van der Waals surface area contributed by atoms with E-state index < -0.39 is 9.84 Å². The van der Waals surface area contributed by atoms with Crippen molar-refractivity contribution in [1.82, 2.24) is 10.6 Å². The summed E-state index contributed by atoms with van der Waals surface area (Å²) in [6, 6.07) is 12.8. The van der Waals surface area contributed by atoms with Gasteiger partial charge in [-0.25, -0.2) is 13.4 Å². The molecule has 7 nitrogen and oxygen atoms in total. The van der Waals surface area contributed by atoms with Gasteiger partial charge in [-0.3, -0.25) is 0 Å². The molecule has 0 saturated carbocycles. The number of ether oxygens (including phenoxy) is 2. The molecule has 0 aliphatic heterocycles. The van der Waals surface area contributed by atoms with Gasteiger partial charge in [0.25, 0.3) is 0 Å². The quantitative estimate of drug-likeness (QED) is 0.467. The van der Waals surface area contributed by atoms with Gasteiger partial charge < -0.3 is 20.1 Å². The first-order valence-electron chi connectivity index (χ1n) is 9.85. The van der Waals surface area contributed by atoms with Crippen molar-refractivity contribution in [1.29, 1.82) is 0 Å². The summed E-state index contributed by atoms with van der Waals surface area (Å²) in [5.41, 5.74) is 1.67. The van der Waals surface area contributed by atoms with E-state index in [9.17, 15) is 8.42 Å². The van der Waals surface area contributed by atoms with Crippen molar-refractivity contribution in [3.63, 3.8) is 0 Å². The predicted molar refractivity (Wildman–Crippen MR) is 120 cm³/mol. The summed E-state index contributed by atoms with van der Waals surface area (Å²) in [6.45, 7) is 7.50. The molecule has 0 aromatic heterocycles. The number of methoxy groups -OCH3 is 1. The van der Waals surface area contributed by atoms with Crippen molar-refractivity contribution >= 4 is 15.8 Å². The Morgan fingerprint density at radius 1 is 1.13 bits per heavy atom. The van der Waals surface area contributed by atoms with Gasteiger partial charge in [-0.15, -0.1) is 0 Å². The van der Waals surface area contributed by atoms with Crippen LogP contribution in [0.1, 0.15) is 25.0 Å². The zero-order chi connectivity index (χ0) is 22.1. The molecule has 1 unspecified atom stereocenters. The van der Waals surface area contributed by atoms with Crippen LogP contribution >= 0.6 is 0 Å². The van der Waals surface area contributed by atoms with Gasteiger partial charge in [0.15, 0.2) is 15.8 Å². The lowest BCUT2D eigenvalue weighted by molar-refractivity contribution is 0.223. The van der Waals surface area contributed by atoms with Crippen molar-refractivity contribution < 1.29 is 17.9 Å². The molecule has 2 N–H and O–H groups in total. The first kappa shape index (κ1) is 23.5. The van der Waals surface area contributed by atoms with Gasteiger partial charge in [-0.05, 0) is 50.1 Å². The van der Waals surface area contributed by atoms with Crippen molar-refractivity contribution in [3.05, 3.63) is 53.6 Å². The number of benzene rings is 2. The largest absolute Gasteiger partial charge is 0.497 e. The van der Waals surface area contributed by atoms with Gasteiger partial charge in [0.05, 0.1) is 25.1 Å². The van der Waals surface area contributed by atoms with Crippen LogP contribution in [0.2, 0.25) is 0 Å². The van der Waals surface area contributed by atoms with Crippen LogP contribution < -0.4 is 20.1 Å². The number of guanidine groups is 1. The molecular weight excluding hydrogens is 402 g/mol. The number of rotatable bonds is 9. The van der Waals surface area contributed by atoms with E-state index in [4.69, 9.17) is 9.47 Å². The smallest absolute Gasteiger partial charge is 0.191 e. The van der Waals surface area contributed by atoms with Crippen molar-refractivity contribution in [3.8, 4) is 11.5 Å². The second kappa shape index (κ2) is 10.9. The zero-order valence-electron chi connectivity index (χ0n) is 18.2. The van der Waals surface area contributed by atoms with E-state index in [-0.39, 0.29) is 6.10 Å². The average molecular weight is 434 g/mol. The zero-order valence-corrected chi connectivity index (χ0v) is 19.0. The third kappa shape index (κ3) is 7.26. The highest BCUT2D eigenvalue weighted by Gasteiger charge is 2.11. The number of nitrogens with zero attached hydrogens (tertiary/aromatic N) is 1. The standard InChI is InChI=1S/C22H31N3O4S/c1-6-23-22(24-14-17(3)29-20-9-7-8-19(13-20)28-4)25-15-18-10-11-21(16(2)12-18)30(5,26)27/h7-13,17H,6,14-15H2,1-5H3,(H2,23,24,25). The molecule has 0 aliphatic carbocycles. The van der Waals surface area contributed by atoms with Gasteiger partial charge in [-0.2, -0.15) is 0 Å². The van der Waals surface area contributed by atoms with Crippen LogP contribution in [0.15, 0.2) is 52.4 Å². The highest BCUT2D eigenvalue weighted by molar-refractivity contribution is 7.90. The molecule has 0 aliphatic rings. The van der Waals surface area contributed by atoms with Crippen molar-refractivity contribution in [2.24, 2.45) is 4.99 Å². The molecule has 1 atom stereocenters. The fraction of sp³-hybridized carbons (Fsp3) is 0.409. The Labute approximate surface area is 179 Å². The molecule has 2 rings (SSSR count). The molecule has 0 fully saturated rings. The van der Waals surface area contributed by atoms with Gasteiger partial charge >= 0.3 is 0 Å². The summed E-state index contributed by atoms with van der Waals surface area (Å²) in [6.07, 6.45) is 1.13. The monoisotopic (exact) mass is 433 g/mol. The van der Waals surface area contributed by atoms with Crippen molar-refractivity contribution in [2.75, 3.05) is 26.5 Å². The van der Waals surface area contributed by atoms with Crippen LogP contribution in [0, 0.1) is 6.92 Å². The molecule has 0 heterocycles. The molecule has 0 spiro atoms. The normalized spacial score (nSPS) is 12.9. The lowest BCUT2D eigenvalue weighted by Gasteiger charge is -2.18. The van der Waals surface area contributed by atoms with E-state index in [1.807, 2.05) is 44.2 Å². The molecule has 30 heavy (non-hydrogen) atoms. The Kier molecular flexibility index (Phi) is 8.53. The van der Waals surface area contributed by atoms with E-state index in [0.29, 0.717) is 23.9 Å². The van der Waals surface area contributed by atoms with Gasteiger partial charge in [0.1, 0.15) is 17.6 Å². The molecule has 164 valence electrons. The van der Waals surface area contributed by atoms with Crippen LogP contribution in [0.5, 0.6) is 11.5 Å². The van der Waals surface area contributed by atoms with E-state index in [1.54, 1.807) is 26.2 Å². The summed E-state index contributed by atoms with van der Waals surface area (Å²) >= 11 is 0. The fourth-order valence-electron chi connectivity index (χ4n) is 2.93. The number of hydrogen-bond acceptors (Lipinski definition) is 5. The third-order valence-electron chi connectivity index (χ3n) is 4.34. The second-order valence-corrected chi connectivity index (χ2v) is 9.04. The molecular formula is C22H31N3O4S. The number of nitrogens with one attached hydrogen (secondary N) is 2. The number of aliphatic imine (C=N–C) groups is 1. The summed E-state index contributed by atoms with van der Waals surface area (Å²) in [5.74, 6) is 2.16. The maximum atomic E-state index is 11.8. The van der Waals surface area contributed by atoms with E-state index >= 15 is 0 Å². The first-order valence-corrected chi connectivity index (χ1v) is 11.7. The van der Waals surface area contributed by atoms with Crippen LogP contribution in [0.25, 0.3) is 0 Å². The van der Waals surface area contributed by atoms with Crippen LogP contribution in [0.3, 0.4) is 0 Å². The summed E-state index contributed by atoms with van der Waals surface area (Å²) in [7, 11) is -1.60. The highest BCUT2D eigenvalue weighted by atomic mass is 32.2. The fourth-order valence-corrected chi connectivity index (χ4v) is 3.89. The first-order chi connectivity index (χ1) is 14.2. The average Bonchev–Trinajstić information content (AvgIpc) is 2.69. The maximum absolute atomic E-state index is 11.8. The number of hydrogen-bond donors (Lipinski definition) is 2. The highest BCUT2D eigenvalue weighted by Crippen LogP contribution is 2.20. The Morgan fingerprint density at radius 3 is 2.50 bits per heavy atom. The Hall–Kier alpha value is -2.74. The summed E-state index contributed by atoms with van der Waals surface area (Å²) < 4.78 is 34.7. The number of aryl methyl sites for hydroxylation is 1.